The fraction of sp³-hybridized carbons (Fsp3) is 0.560. The molecule has 4 rings (SSSR count). The Morgan fingerprint density at radius 2 is 1.73 bits per heavy atom. The van der Waals surface area contributed by atoms with Crippen LogP contribution in [0.5, 0.6) is 0 Å². The van der Waals surface area contributed by atoms with Gasteiger partial charge in [0.25, 0.3) is 0 Å². The van der Waals surface area contributed by atoms with E-state index in [9.17, 15) is 18.3 Å². The number of aromatic nitrogens is 4. The highest BCUT2D eigenvalue weighted by Crippen LogP contribution is 2.31. The van der Waals surface area contributed by atoms with Crippen LogP contribution in [0, 0.1) is 6.92 Å². The number of aliphatic hydroxyl groups is 1. The van der Waals surface area contributed by atoms with Crippen LogP contribution in [-0.4, -0.2) is 57.6 Å². The maximum absolute atomic E-state index is 10.8. The van der Waals surface area contributed by atoms with Crippen molar-refractivity contribution in [3.05, 3.63) is 30.1 Å². The Kier molecular flexibility index (Phi) is 10.8. The third-order valence-corrected chi connectivity index (χ3v) is 5.84. The molecule has 9 nitrogen and oxygen atoms in total. The molecule has 3 heterocycles. The first-order valence-corrected chi connectivity index (χ1v) is 12.3. The summed E-state index contributed by atoms with van der Waals surface area (Å²) in [6, 6.07) is 5.82. The van der Waals surface area contributed by atoms with Crippen LogP contribution in [0.2, 0.25) is 0 Å². The SMILES string of the molecule is CC1(O)CCCCC1.CCC(F)(F)F.CN=Nc1ccc(-c2ccn3nc(NC)nc(NC)c23)nc1C. The van der Waals surface area contributed by atoms with Gasteiger partial charge < -0.3 is 15.7 Å². The zero-order chi connectivity index (χ0) is 27.6. The number of halogens is 3. The van der Waals surface area contributed by atoms with Crippen LogP contribution < -0.4 is 10.6 Å². The molecular formula is C25H37F3N8O. The molecule has 0 amide bonds. The second kappa shape index (κ2) is 13.3. The minimum absolute atomic E-state index is 0.321. The van der Waals surface area contributed by atoms with Crippen LogP contribution >= 0.6 is 0 Å². The summed E-state index contributed by atoms with van der Waals surface area (Å²) in [5.41, 5.74) is 3.95. The van der Waals surface area contributed by atoms with Crippen LogP contribution in [0.4, 0.5) is 30.6 Å². The third-order valence-electron chi connectivity index (χ3n) is 5.84. The Morgan fingerprint density at radius 1 is 1.08 bits per heavy atom. The molecule has 37 heavy (non-hydrogen) atoms. The number of nitrogens with zero attached hydrogens (tertiary/aromatic N) is 6. The first-order valence-electron chi connectivity index (χ1n) is 12.3. The van der Waals surface area contributed by atoms with Crippen molar-refractivity contribution in [2.75, 3.05) is 31.8 Å². The zero-order valence-electron chi connectivity index (χ0n) is 22.3. The molecule has 0 aromatic carbocycles. The Morgan fingerprint density at radius 3 is 2.19 bits per heavy atom. The monoisotopic (exact) mass is 522 g/mol. The second-order valence-corrected chi connectivity index (χ2v) is 8.93. The van der Waals surface area contributed by atoms with Crippen molar-refractivity contribution in [3.8, 4) is 11.3 Å². The maximum atomic E-state index is 10.8. The van der Waals surface area contributed by atoms with E-state index >= 15 is 0 Å². The van der Waals surface area contributed by atoms with Gasteiger partial charge in [-0.25, -0.2) is 4.52 Å². The largest absolute Gasteiger partial charge is 0.390 e. The average Bonchev–Trinajstić information content (AvgIpc) is 3.29. The van der Waals surface area contributed by atoms with Crippen molar-refractivity contribution in [1.29, 1.82) is 0 Å². The van der Waals surface area contributed by atoms with Gasteiger partial charge in [-0.2, -0.15) is 28.4 Å². The second-order valence-electron chi connectivity index (χ2n) is 8.93. The fourth-order valence-corrected chi connectivity index (χ4v) is 3.74. The van der Waals surface area contributed by atoms with Gasteiger partial charge in [0, 0.05) is 39.3 Å². The summed E-state index contributed by atoms with van der Waals surface area (Å²) in [7, 11) is 5.27. The molecule has 1 fully saturated rings. The Labute approximate surface area is 215 Å². The number of azo groups is 1. The van der Waals surface area contributed by atoms with E-state index in [1.807, 2.05) is 45.3 Å². The summed E-state index contributed by atoms with van der Waals surface area (Å²) >= 11 is 0. The number of hydrogen-bond donors (Lipinski definition) is 3. The summed E-state index contributed by atoms with van der Waals surface area (Å²) in [5, 5.41) is 27.7. The molecule has 3 aromatic rings. The summed E-state index contributed by atoms with van der Waals surface area (Å²) < 4.78 is 34.1. The molecule has 204 valence electrons. The molecular weight excluding hydrogens is 485 g/mol. The summed E-state index contributed by atoms with van der Waals surface area (Å²) in [6.45, 7) is 4.94. The van der Waals surface area contributed by atoms with Crippen LogP contribution in [0.15, 0.2) is 34.6 Å². The van der Waals surface area contributed by atoms with Crippen LogP contribution in [0.25, 0.3) is 16.8 Å². The van der Waals surface area contributed by atoms with E-state index in [2.05, 4.69) is 35.9 Å². The lowest BCUT2D eigenvalue weighted by Gasteiger charge is -2.27. The molecule has 12 heteroatoms. The smallest absolute Gasteiger partial charge is 0.388 e. The van der Waals surface area contributed by atoms with Gasteiger partial charge in [-0.15, -0.1) is 5.10 Å². The van der Waals surface area contributed by atoms with Crippen molar-refractivity contribution in [2.24, 2.45) is 10.2 Å². The maximum Gasteiger partial charge on any atom is 0.388 e. The summed E-state index contributed by atoms with van der Waals surface area (Å²) in [5.74, 6) is 1.29. The number of nitrogens with one attached hydrogen (secondary N) is 2. The third kappa shape index (κ3) is 8.96. The molecule has 0 bridgehead atoms. The van der Waals surface area contributed by atoms with Gasteiger partial charge in [-0.3, -0.25) is 4.98 Å². The number of rotatable bonds is 4. The van der Waals surface area contributed by atoms with Gasteiger partial charge in [-0.05, 0) is 44.9 Å². The predicted molar refractivity (Wildman–Crippen MR) is 141 cm³/mol. The van der Waals surface area contributed by atoms with E-state index in [4.69, 9.17) is 0 Å². The van der Waals surface area contributed by atoms with Crippen LogP contribution in [0.1, 0.15) is 58.1 Å². The van der Waals surface area contributed by atoms with Crippen molar-refractivity contribution >= 4 is 23.0 Å². The zero-order valence-corrected chi connectivity index (χ0v) is 22.3. The normalized spacial score (nSPS) is 15.0. The number of alkyl halides is 3. The van der Waals surface area contributed by atoms with Crippen LogP contribution in [-0.2, 0) is 0 Å². The van der Waals surface area contributed by atoms with Crippen molar-refractivity contribution < 1.29 is 18.3 Å². The van der Waals surface area contributed by atoms with Gasteiger partial charge in [0.1, 0.15) is 11.2 Å². The molecule has 0 radical (unpaired) electrons. The van der Waals surface area contributed by atoms with E-state index in [0.717, 1.165) is 53.7 Å². The Bertz CT molecular complexity index is 1170. The lowest BCUT2D eigenvalue weighted by atomic mass is 9.87. The highest BCUT2D eigenvalue weighted by atomic mass is 19.4. The van der Waals surface area contributed by atoms with Gasteiger partial charge in [0.2, 0.25) is 5.95 Å². The number of fused-ring (bicyclic) bond motifs is 1. The van der Waals surface area contributed by atoms with E-state index in [1.165, 1.54) is 19.3 Å². The van der Waals surface area contributed by atoms with Gasteiger partial charge in [0.15, 0.2) is 5.82 Å². The molecule has 0 aliphatic heterocycles. The average molecular weight is 523 g/mol. The minimum atomic E-state index is -3.96. The van der Waals surface area contributed by atoms with Crippen molar-refractivity contribution in [3.63, 3.8) is 0 Å². The molecule has 3 N–H and O–H groups in total. The van der Waals surface area contributed by atoms with Crippen LogP contribution in [0.3, 0.4) is 0 Å². The molecule has 0 saturated heterocycles. The standard InChI is InChI=1S/C15H18N8.C7H14O.C3H5F3/c1-9-11(21-18-4)5-6-12(19-9)10-7-8-23-13(10)14(16-2)20-15(17-3)22-23;1-7(8)5-3-2-4-6-7;1-2-3(4,5)6/h5-8H,1-4H3,(H2,16,17,20,22);8H,2-6H2,1H3;2H2,1H3. The van der Waals surface area contributed by atoms with Gasteiger partial charge in [-0.1, -0.05) is 26.2 Å². The van der Waals surface area contributed by atoms with E-state index < -0.39 is 12.6 Å². The molecule has 1 aliphatic rings. The number of aryl methyl sites for hydroxylation is 1. The van der Waals surface area contributed by atoms with Gasteiger partial charge >= 0.3 is 6.18 Å². The lowest BCUT2D eigenvalue weighted by molar-refractivity contribution is -0.130. The highest BCUT2D eigenvalue weighted by Gasteiger charge is 2.23. The molecule has 1 saturated carbocycles. The minimum Gasteiger partial charge on any atom is -0.390 e. The predicted octanol–water partition coefficient (Wildman–Crippen LogP) is 6.56. The topological polar surface area (TPSA) is 112 Å². The fourth-order valence-electron chi connectivity index (χ4n) is 3.74. The highest BCUT2D eigenvalue weighted by molar-refractivity contribution is 5.87. The number of pyridine rings is 1. The first-order chi connectivity index (χ1) is 17.4. The number of anilines is 2. The van der Waals surface area contributed by atoms with Crippen molar-refractivity contribution in [2.45, 2.75) is 71.1 Å². The Balaban J connectivity index is 0.000000282. The lowest BCUT2D eigenvalue weighted by Crippen LogP contribution is -2.26. The van der Waals surface area contributed by atoms with Gasteiger partial charge in [0.05, 0.1) is 17.0 Å². The molecule has 0 atom stereocenters. The molecule has 3 aromatic heterocycles. The molecule has 0 unspecified atom stereocenters. The van der Waals surface area contributed by atoms with E-state index in [-0.39, 0.29) is 5.60 Å². The summed E-state index contributed by atoms with van der Waals surface area (Å²) in [4.78, 5) is 9.09. The van der Waals surface area contributed by atoms with E-state index in [0.29, 0.717) is 5.95 Å². The van der Waals surface area contributed by atoms with E-state index in [1.54, 1.807) is 18.6 Å². The first kappa shape index (κ1) is 29.9. The Hall–Kier alpha value is -3.28. The molecule has 0 spiro atoms. The quantitative estimate of drug-likeness (QED) is 0.335. The summed E-state index contributed by atoms with van der Waals surface area (Å²) in [6.07, 6.45) is 2.97. The van der Waals surface area contributed by atoms with Crippen molar-refractivity contribution in [1.82, 2.24) is 19.6 Å². The number of hydrogen-bond acceptors (Lipinski definition) is 8. The molecule has 1 aliphatic carbocycles.